The van der Waals surface area contributed by atoms with Crippen LogP contribution in [0.3, 0.4) is 0 Å². The number of carbonyl (C=O) groups excluding carboxylic acids is 1. The zero-order chi connectivity index (χ0) is 13.3. The van der Waals surface area contributed by atoms with Crippen LogP contribution in [0.25, 0.3) is 0 Å². The summed E-state index contributed by atoms with van der Waals surface area (Å²) >= 11 is 0. The Morgan fingerprint density at radius 2 is 2.12 bits per heavy atom. The van der Waals surface area contributed by atoms with E-state index in [1.807, 2.05) is 0 Å². The molecule has 1 atom stereocenters. The molecule has 6 heteroatoms. The van der Waals surface area contributed by atoms with Crippen molar-refractivity contribution in [3.63, 3.8) is 0 Å². The standard InChI is InChI=1S/C11H21F2NO3/c1-4-17-10(15)11(2,14-3)6-5-7-16-8-9(12)13/h9,14H,4-8H2,1-3H3. The van der Waals surface area contributed by atoms with E-state index in [1.165, 1.54) is 0 Å². The molecule has 17 heavy (non-hydrogen) atoms. The van der Waals surface area contributed by atoms with Crippen molar-refractivity contribution in [2.24, 2.45) is 0 Å². The van der Waals surface area contributed by atoms with E-state index in [0.717, 1.165) is 0 Å². The minimum Gasteiger partial charge on any atom is -0.465 e. The maximum absolute atomic E-state index is 11.8. The molecule has 4 nitrogen and oxygen atoms in total. The van der Waals surface area contributed by atoms with E-state index in [1.54, 1.807) is 20.9 Å². The Balaban J connectivity index is 3.91. The topological polar surface area (TPSA) is 47.6 Å². The highest BCUT2D eigenvalue weighted by Crippen LogP contribution is 2.14. The van der Waals surface area contributed by atoms with E-state index < -0.39 is 18.6 Å². The van der Waals surface area contributed by atoms with Crippen molar-refractivity contribution >= 4 is 5.97 Å². The van der Waals surface area contributed by atoms with Crippen molar-refractivity contribution in [3.05, 3.63) is 0 Å². The lowest BCUT2D eigenvalue weighted by molar-refractivity contribution is -0.150. The van der Waals surface area contributed by atoms with E-state index in [2.05, 4.69) is 5.32 Å². The SMILES string of the molecule is CCOC(=O)C(C)(CCCOCC(F)F)NC. The second kappa shape index (κ2) is 8.36. The molecule has 0 spiro atoms. The molecule has 0 aromatic carbocycles. The molecule has 0 aliphatic heterocycles. The number of esters is 1. The molecule has 0 amide bonds. The highest BCUT2D eigenvalue weighted by Gasteiger charge is 2.32. The van der Waals surface area contributed by atoms with Gasteiger partial charge in [-0.15, -0.1) is 0 Å². The number of hydrogen-bond donors (Lipinski definition) is 1. The summed E-state index contributed by atoms with van der Waals surface area (Å²) in [6.07, 6.45) is -1.45. The highest BCUT2D eigenvalue weighted by molar-refractivity contribution is 5.80. The van der Waals surface area contributed by atoms with Gasteiger partial charge in [-0.2, -0.15) is 0 Å². The monoisotopic (exact) mass is 253 g/mol. The summed E-state index contributed by atoms with van der Waals surface area (Å²) in [7, 11) is 1.66. The molecular formula is C11H21F2NO3. The second-order valence-corrected chi connectivity index (χ2v) is 3.87. The molecule has 0 aliphatic rings. The van der Waals surface area contributed by atoms with Gasteiger partial charge >= 0.3 is 5.97 Å². The Hall–Kier alpha value is -0.750. The predicted octanol–water partition coefficient (Wildman–Crippen LogP) is 1.59. The molecule has 0 radical (unpaired) electrons. The third-order valence-corrected chi connectivity index (χ3v) is 2.49. The minimum atomic E-state index is -2.45. The normalized spacial score (nSPS) is 14.7. The molecule has 102 valence electrons. The lowest BCUT2D eigenvalue weighted by Crippen LogP contribution is -2.48. The molecule has 0 fully saturated rings. The van der Waals surface area contributed by atoms with Crippen molar-refractivity contribution < 1.29 is 23.0 Å². The van der Waals surface area contributed by atoms with Crippen molar-refractivity contribution in [2.45, 2.75) is 38.7 Å². The van der Waals surface area contributed by atoms with Gasteiger partial charge in [-0.05, 0) is 33.7 Å². The lowest BCUT2D eigenvalue weighted by atomic mass is 9.96. The largest absolute Gasteiger partial charge is 0.465 e. The zero-order valence-corrected chi connectivity index (χ0v) is 10.6. The number of likely N-dealkylation sites (N-methyl/N-ethyl adjacent to an activating group) is 1. The molecule has 0 saturated heterocycles. The summed E-state index contributed by atoms with van der Waals surface area (Å²) in [5.41, 5.74) is -0.787. The Kier molecular flexibility index (Phi) is 7.99. The van der Waals surface area contributed by atoms with Crippen LogP contribution in [0.5, 0.6) is 0 Å². The van der Waals surface area contributed by atoms with Gasteiger partial charge in [-0.3, -0.25) is 4.79 Å². The van der Waals surface area contributed by atoms with Crippen LogP contribution in [0.4, 0.5) is 8.78 Å². The van der Waals surface area contributed by atoms with Crippen LogP contribution in [0.1, 0.15) is 26.7 Å². The number of carbonyl (C=O) groups is 1. The number of halogens is 2. The van der Waals surface area contributed by atoms with Gasteiger partial charge in [0, 0.05) is 6.61 Å². The second-order valence-electron chi connectivity index (χ2n) is 3.87. The zero-order valence-electron chi connectivity index (χ0n) is 10.6. The van der Waals surface area contributed by atoms with E-state index in [0.29, 0.717) is 19.4 Å². The van der Waals surface area contributed by atoms with E-state index >= 15 is 0 Å². The Morgan fingerprint density at radius 3 is 2.59 bits per heavy atom. The first-order chi connectivity index (χ1) is 7.96. The van der Waals surface area contributed by atoms with Crippen molar-refractivity contribution in [3.8, 4) is 0 Å². The third-order valence-electron chi connectivity index (χ3n) is 2.49. The lowest BCUT2D eigenvalue weighted by Gasteiger charge is -2.26. The molecule has 0 bridgehead atoms. The average molecular weight is 253 g/mol. The molecular weight excluding hydrogens is 232 g/mol. The van der Waals surface area contributed by atoms with Gasteiger partial charge in [0.2, 0.25) is 0 Å². The average Bonchev–Trinajstić information content (AvgIpc) is 2.28. The van der Waals surface area contributed by atoms with Gasteiger partial charge in [0.1, 0.15) is 12.1 Å². The molecule has 1 N–H and O–H groups in total. The maximum atomic E-state index is 11.8. The quantitative estimate of drug-likeness (QED) is 0.501. The van der Waals surface area contributed by atoms with Gasteiger partial charge in [0.15, 0.2) is 0 Å². The van der Waals surface area contributed by atoms with Gasteiger partial charge < -0.3 is 14.8 Å². The number of rotatable bonds is 9. The highest BCUT2D eigenvalue weighted by atomic mass is 19.3. The fourth-order valence-electron chi connectivity index (χ4n) is 1.32. The van der Waals surface area contributed by atoms with Gasteiger partial charge in [-0.1, -0.05) is 0 Å². The Morgan fingerprint density at radius 1 is 1.47 bits per heavy atom. The summed E-state index contributed by atoms with van der Waals surface area (Å²) in [5.74, 6) is -0.337. The molecule has 1 unspecified atom stereocenters. The summed E-state index contributed by atoms with van der Waals surface area (Å²) in [5, 5.41) is 2.88. The van der Waals surface area contributed by atoms with E-state index in [4.69, 9.17) is 9.47 Å². The van der Waals surface area contributed by atoms with Gasteiger partial charge in [0.05, 0.1) is 6.61 Å². The first-order valence-electron chi connectivity index (χ1n) is 5.68. The van der Waals surface area contributed by atoms with Crippen LogP contribution in [0.15, 0.2) is 0 Å². The first-order valence-corrected chi connectivity index (χ1v) is 5.68. The summed E-state index contributed by atoms with van der Waals surface area (Å²) in [6.45, 7) is 3.42. The number of hydrogen-bond acceptors (Lipinski definition) is 4. The van der Waals surface area contributed by atoms with E-state index in [9.17, 15) is 13.6 Å². The number of alkyl halides is 2. The van der Waals surface area contributed by atoms with Crippen LogP contribution in [-0.2, 0) is 14.3 Å². The van der Waals surface area contributed by atoms with Gasteiger partial charge in [-0.25, -0.2) is 8.78 Å². The van der Waals surface area contributed by atoms with E-state index in [-0.39, 0.29) is 12.6 Å². The Labute approximate surface area is 101 Å². The van der Waals surface area contributed by atoms with Crippen LogP contribution in [0.2, 0.25) is 0 Å². The van der Waals surface area contributed by atoms with Gasteiger partial charge in [0.25, 0.3) is 6.43 Å². The third kappa shape index (κ3) is 6.53. The van der Waals surface area contributed by atoms with Crippen molar-refractivity contribution in [1.82, 2.24) is 5.32 Å². The van der Waals surface area contributed by atoms with Crippen molar-refractivity contribution in [2.75, 3.05) is 26.9 Å². The predicted molar refractivity (Wildman–Crippen MR) is 60.2 cm³/mol. The fraction of sp³-hybridized carbons (Fsp3) is 0.909. The van der Waals surface area contributed by atoms with Crippen LogP contribution < -0.4 is 5.32 Å². The number of ether oxygens (including phenoxy) is 2. The van der Waals surface area contributed by atoms with Crippen LogP contribution in [-0.4, -0.2) is 44.8 Å². The minimum absolute atomic E-state index is 0.209. The number of nitrogens with one attached hydrogen (secondary N) is 1. The first kappa shape index (κ1) is 16.2. The fourth-order valence-corrected chi connectivity index (χ4v) is 1.32. The van der Waals surface area contributed by atoms with Crippen molar-refractivity contribution in [1.29, 1.82) is 0 Å². The molecule has 0 aromatic heterocycles. The summed E-state index contributed by atoms with van der Waals surface area (Å²) in [4.78, 5) is 11.6. The smallest absolute Gasteiger partial charge is 0.326 e. The van der Waals surface area contributed by atoms with Crippen LogP contribution in [0, 0.1) is 0 Å². The molecule has 0 aromatic rings. The molecule has 0 aliphatic carbocycles. The molecule has 0 heterocycles. The summed E-state index contributed by atoms with van der Waals surface area (Å²) < 4.78 is 33.2. The summed E-state index contributed by atoms with van der Waals surface area (Å²) in [6, 6.07) is 0. The Bertz CT molecular complexity index is 227. The maximum Gasteiger partial charge on any atom is 0.326 e. The molecule has 0 saturated carbocycles. The van der Waals surface area contributed by atoms with Crippen LogP contribution >= 0.6 is 0 Å². The molecule has 0 rings (SSSR count).